The molecule has 2 aromatic rings. The predicted octanol–water partition coefficient (Wildman–Crippen LogP) is 2.23. The Morgan fingerprint density at radius 2 is 1.86 bits per heavy atom. The summed E-state index contributed by atoms with van der Waals surface area (Å²) in [6.07, 6.45) is 3.40. The fraction of sp³-hybridized carbons (Fsp3) is 0.150. The van der Waals surface area contributed by atoms with E-state index in [1.54, 1.807) is 42.5 Å². The summed E-state index contributed by atoms with van der Waals surface area (Å²) in [5.74, 6) is -1.13. The molecule has 2 amide bonds. The van der Waals surface area contributed by atoms with E-state index in [1.165, 1.54) is 20.4 Å². The maximum atomic E-state index is 12.0. The number of allylic oxidation sites excluding steroid dienone is 1. The van der Waals surface area contributed by atoms with Crippen molar-refractivity contribution in [2.75, 3.05) is 19.5 Å². The van der Waals surface area contributed by atoms with E-state index in [2.05, 4.69) is 22.4 Å². The van der Waals surface area contributed by atoms with Crippen molar-refractivity contribution in [2.24, 2.45) is 5.10 Å². The van der Waals surface area contributed by atoms with Crippen molar-refractivity contribution in [3.63, 3.8) is 0 Å². The first-order chi connectivity index (χ1) is 13.5. The molecule has 0 aromatic heterocycles. The Morgan fingerprint density at radius 3 is 2.54 bits per heavy atom. The maximum absolute atomic E-state index is 12.0. The average molecular weight is 383 g/mol. The molecule has 0 spiro atoms. The molecule has 0 aliphatic heterocycles. The number of nitrogens with zero attached hydrogens (tertiary/aromatic N) is 1. The van der Waals surface area contributed by atoms with Crippen LogP contribution in [-0.2, 0) is 16.0 Å². The van der Waals surface area contributed by atoms with Crippen LogP contribution in [0, 0.1) is 0 Å². The lowest BCUT2D eigenvalue weighted by Crippen LogP contribution is -2.32. The Kier molecular flexibility index (Phi) is 7.15. The molecule has 0 unspecified atom stereocenters. The third-order valence-electron chi connectivity index (χ3n) is 3.70. The lowest BCUT2D eigenvalue weighted by molar-refractivity contribution is -0.136. The number of hydrogen-bond acceptors (Lipinski definition) is 6. The number of methoxy groups -OCH3 is 2. The minimum atomic E-state index is -0.945. The number of rotatable bonds is 7. The number of amides is 2. The van der Waals surface area contributed by atoms with Crippen LogP contribution >= 0.6 is 0 Å². The van der Waals surface area contributed by atoms with Gasteiger partial charge >= 0.3 is 11.8 Å². The first-order valence-electron chi connectivity index (χ1n) is 8.28. The molecule has 0 saturated carbocycles. The lowest BCUT2D eigenvalue weighted by Gasteiger charge is -2.09. The van der Waals surface area contributed by atoms with Gasteiger partial charge in [-0.1, -0.05) is 18.2 Å². The van der Waals surface area contributed by atoms with Crippen LogP contribution in [0.25, 0.3) is 0 Å². The molecular formula is C20H21N3O5. The number of carbonyl (C=O) groups excluding carboxylic acids is 2. The molecule has 0 heterocycles. The Morgan fingerprint density at radius 1 is 1.14 bits per heavy atom. The van der Waals surface area contributed by atoms with Crippen LogP contribution < -0.4 is 20.2 Å². The largest absolute Gasteiger partial charge is 0.504 e. The summed E-state index contributed by atoms with van der Waals surface area (Å²) in [5, 5.41) is 16.3. The van der Waals surface area contributed by atoms with Crippen molar-refractivity contribution in [1.82, 2.24) is 5.43 Å². The number of ether oxygens (including phenoxy) is 2. The molecule has 0 fully saturated rings. The van der Waals surface area contributed by atoms with Crippen LogP contribution in [0.4, 0.5) is 5.69 Å². The number of phenolic OH excluding ortho intramolecular Hbond substituents is 1. The Balaban J connectivity index is 2.05. The highest BCUT2D eigenvalue weighted by Crippen LogP contribution is 2.31. The van der Waals surface area contributed by atoms with Crippen LogP contribution in [0.3, 0.4) is 0 Å². The van der Waals surface area contributed by atoms with Crippen LogP contribution in [0.5, 0.6) is 17.2 Å². The average Bonchev–Trinajstić information content (AvgIpc) is 2.70. The number of phenols is 1. The van der Waals surface area contributed by atoms with Gasteiger partial charge in [0, 0.05) is 5.56 Å². The van der Waals surface area contributed by atoms with E-state index in [0.29, 0.717) is 29.0 Å². The van der Waals surface area contributed by atoms with Crippen LogP contribution in [-0.4, -0.2) is 37.4 Å². The number of carbonyl (C=O) groups is 2. The fourth-order valence-electron chi connectivity index (χ4n) is 2.37. The van der Waals surface area contributed by atoms with Crippen LogP contribution in [0.2, 0.25) is 0 Å². The van der Waals surface area contributed by atoms with Gasteiger partial charge < -0.3 is 19.9 Å². The number of benzene rings is 2. The molecule has 0 radical (unpaired) electrons. The summed E-state index contributed by atoms with van der Waals surface area (Å²) in [6.45, 7) is 3.64. The molecule has 0 aliphatic carbocycles. The molecule has 2 aromatic carbocycles. The van der Waals surface area contributed by atoms with Gasteiger partial charge in [-0.2, -0.15) is 5.10 Å². The molecule has 0 saturated heterocycles. The zero-order valence-corrected chi connectivity index (χ0v) is 15.6. The normalized spacial score (nSPS) is 10.4. The summed E-state index contributed by atoms with van der Waals surface area (Å²) < 4.78 is 10.2. The molecule has 28 heavy (non-hydrogen) atoms. The highest BCUT2D eigenvalue weighted by Gasteiger charge is 2.15. The number of hydrazone groups is 1. The number of aromatic hydroxyl groups is 1. The maximum Gasteiger partial charge on any atom is 0.329 e. The van der Waals surface area contributed by atoms with Gasteiger partial charge in [-0.25, -0.2) is 5.43 Å². The molecule has 0 aliphatic rings. The van der Waals surface area contributed by atoms with Gasteiger partial charge in [-0.15, -0.1) is 6.58 Å². The summed E-state index contributed by atoms with van der Waals surface area (Å²) in [6, 6.07) is 9.93. The van der Waals surface area contributed by atoms with Gasteiger partial charge in [0.2, 0.25) is 0 Å². The number of anilines is 1. The zero-order chi connectivity index (χ0) is 20.5. The molecule has 8 heteroatoms. The zero-order valence-electron chi connectivity index (χ0n) is 15.6. The van der Waals surface area contributed by atoms with Crippen molar-refractivity contribution in [2.45, 2.75) is 6.42 Å². The monoisotopic (exact) mass is 383 g/mol. The van der Waals surface area contributed by atoms with E-state index in [-0.39, 0.29) is 11.5 Å². The van der Waals surface area contributed by atoms with Gasteiger partial charge in [0.1, 0.15) is 5.75 Å². The van der Waals surface area contributed by atoms with E-state index >= 15 is 0 Å². The Bertz CT molecular complexity index is 909. The molecule has 0 bridgehead atoms. The molecule has 8 nitrogen and oxygen atoms in total. The van der Waals surface area contributed by atoms with E-state index < -0.39 is 11.8 Å². The highest BCUT2D eigenvalue weighted by atomic mass is 16.5. The van der Waals surface area contributed by atoms with Crippen LogP contribution in [0.15, 0.2) is 54.2 Å². The second kappa shape index (κ2) is 9.77. The first kappa shape index (κ1) is 20.5. The van der Waals surface area contributed by atoms with E-state index in [1.807, 2.05) is 0 Å². The van der Waals surface area contributed by atoms with Crippen molar-refractivity contribution in [1.29, 1.82) is 0 Å². The van der Waals surface area contributed by atoms with Gasteiger partial charge in [0.25, 0.3) is 0 Å². The van der Waals surface area contributed by atoms with Gasteiger partial charge in [-0.3, -0.25) is 9.59 Å². The molecule has 3 N–H and O–H groups in total. The van der Waals surface area contributed by atoms with Crippen molar-refractivity contribution in [3.8, 4) is 17.2 Å². The van der Waals surface area contributed by atoms with Crippen molar-refractivity contribution in [3.05, 3.63) is 60.2 Å². The van der Waals surface area contributed by atoms with Gasteiger partial charge in [-0.05, 0) is 36.2 Å². The van der Waals surface area contributed by atoms with Crippen molar-refractivity contribution >= 4 is 23.7 Å². The second-order valence-corrected chi connectivity index (χ2v) is 5.58. The summed E-state index contributed by atoms with van der Waals surface area (Å²) >= 11 is 0. The minimum absolute atomic E-state index is 0.0137. The molecule has 0 atom stereocenters. The Labute approximate surface area is 162 Å². The van der Waals surface area contributed by atoms with Gasteiger partial charge in [0.05, 0.1) is 26.1 Å². The highest BCUT2D eigenvalue weighted by molar-refractivity contribution is 6.39. The third-order valence-corrected chi connectivity index (χ3v) is 3.70. The topological polar surface area (TPSA) is 109 Å². The standard InChI is InChI=1S/C20H21N3O5/c1-4-7-14-10-13(11-17(28-3)18(14)24)12-21-23-20(26)19(25)22-15-8-5-6-9-16(15)27-2/h4-6,8-12,24H,1,7H2,2-3H3,(H,22,25)(H,23,26)/b21-12+. The lowest BCUT2D eigenvalue weighted by atomic mass is 10.1. The fourth-order valence-corrected chi connectivity index (χ4v) is 2.37. The van der Waals surface area contributed by atoms with Crippen molar-refractivity contribution < 1.29 is 24.2 Å². The summed E-state index contributed by atoms with van der Waals surface area (Å²) in [5.41, 5.74) is 3.67. The molecular weight excluding hydrogens is 362 g/mol. The van der Waals surface area contributed by atoms with E-state index in [0.717, 1.165) is 0 Å². The van der Waals surface area contributed by atoms with E-state index in [4.69, 9.17) is 9.47 Å². The summed E-state index contributed by atoms with van der Waals surface area (Å²) in [4.78, 5) is 23.9. The van der Waals surface area contributed by atoms with Crippen LogP contribution in [0.1, 0.15) is 11.1 Å². The first-order valence-corrected chi connectivity index (χ1v) is 8.28. The third kappa shape index (κ3) is 5.10. The Hall–Kier alpha value is -3.81. The predicted molar refractivity (Wildman–Crippen MR) is 106 cm³/mol. The molecule has 146 valence electrons. The number of nitrogens with one attached hydrogen (secondary N) is 2. The van der Waals surface area contributed by atoms with Gasteiger partial charge in [0.15, 0.2) is 11.5 Å². The number of hydrogen-bond donors (Lipinski definition) is 3. The SMILES string of the molecule is C=CCc1cc(/C=N/NC(=O)C(=O)Nc2ccccc2OC)cc(OC)c1O. The number of para-hydroxylation sites is 2. The quantitative estimate of drug-likeness (QED) is 0.294. The van der Waals surface area contributed by atoms with E-state index in [9.17, 15) is 14.7 Å². The molecule has 2 rings (SSSR count). The smallest absolute Gasteiger partial charge is 0.329 e. The second-order valence-electron chi connectivity index (χ2n) is 5.58. The minimum Gasteiger partial charge on any atom is -0.504 e. The summed E-state index contributed by atoms with van der Waals surface area (Å²) in [7, 11) is 2.89.